The Hall–Kier alpha value is -3.02. The summed E-state index contributed by atoms with van der Waals surface area (Å²) in [6, 6.07) is 13.0. The van der Waals surface area contributed by atoms with Crippen LogP contribution in [0.25, 0.3) is 0 Å². The average molecular weight is 411 g/mol. The number of rotatable bonds is 6. The lowest BCUT2D eigenvalue weighted by atomic mass is 10.1. The molecule has 0 aliphatic carbocycles. The summed E-state index contributed by atoms with van der Waals surface area (Å²) in [6.45, 7) is 8.88. The third-order valence-electron chi connectivity index (χ3n) is 5.39. The molecule has 0 atom stereocenters. The quantitative estimate of drug-likeness (QED) is 0.732. The van der Waals surface area contributed by atoms with E-state index in [9.17, 15) is 9.59 Å². The highest BCUT2D eigenvalue weighted by atomic mass is 16.5. The molecule has 6 heteroatoms. The van der Waals surface area contributed by atoms with Crippen LogP contribution < -0.4 is 9.47 Å². The minimum atomic E-state index is -0.0522. The van der Waals surface area contributed by atoms with Crippen molar-refractivity contribution in [1.82, 2.24) is 9.80 Å². The maximum absolute atomic E-state index is 12.8. The molecule has 0 bridgehead atoms. The van der Waals surface area contributed by atoms with Crippen molar-refractivity contribution in [2.24, 2.45) is 0 Å². The van der Waals surface area contributed by atoms with Gasteiger partial charge in [-0.3, -0.25) is 9.59 Å². The molecule has 1 fully saturated rings. The number of carbonyl (C=O) groups excluding carboxylic acids is 2. The zero-order chi connectivity index (χ0) is 21.5. The number of ether oxygens (including phenoxy) is 2. The Morgan fingerprint density at radius 3 is 2.20 bits per heavy atom. The van der Waals surface area contributed by atoms with Crippen molar-refractivity contribution in [3.63, 3.8) is 0 Å². The normalized spacial score (nSPS) is 14.2. The van der Waals surface area contributed by atoms with Gasteiger partial charge < -0.3 is 19.3 Å². The second kappa shape index (κ2) is 10.1. The molecule has 0 saturated carbocycles. The minimum Gasteiger partial charge on any atom is -0.494 e. The number of benzene rings is 2. The third-order valence-corrected chi connectivity index (χ3v) is 5.39. The van der Waals surface area contributed by atoms with E-state index < -0.39 is 0 Å². The molecule has 160 valence electrons. The molecular weight excluding hydrogens is 380 g/mol. The van der Waals surface area contributed by atoms with Gasteiger partial charge in [0.15, 0.2) is 6.61 Å². The molecular formula is C24H30N2O4. The van der Waals surface area contributed by atoms with Gasteiger partial charge in [0.05, 0.1) is 6.61 Å². The predicted molar refractivity (Wildman–Crippen MR) is 116 cm³/mol. The van der Waals surface area contributed by atoms with Crippen molar-refractivity contribution >= 4 is 11.8 Å². The number of aryl methyl sites for hydroxylation is 2. The summed E-state index contributed by atoms with van der Waals surface area (Å²) in [5.74, 6) is 1.39. The first-order chi connectivity index (χ1) is 14.5. The van der Waals surface area contributed by atoms with Crippen LogP contribution in [0.5, 0.6) is 11.5 Å². The molecule has 0 unspecified atom stereocenters. The highest BCUT2D eigenvalue weighted by Gasteiger charge is 2.23. The summed E-state index contributed by atoms with van der Waals surface area (Å²) in [6.07, 6.45) is 0.748. The molecule has 1 saturated heterocycles. The first-order valence-electron chi connectivity index (χ1n) is 10.5. The molecule has 2 aromatic rings. The van der Waals surface area contributed by atoms with E-state index in [1.54, 1.807) is 17.0 Å². The van der Waals surface area contributed by atoms with Crippen LogP contribution in [0.4, 0.5) is 0 Å². The number of hydrogen-bond donors (Lipinski definition) is 0. The van der Waals surface area contributed by atoms with Gasteiger partial charge in [-0.2, -0.15) is 0 Å². The number of amides is 2. The van der Waals surface area contributed by atoms with Crippen molar-refractivity contribution in [2.75, 3.05) is 39.4 Å². The van der Waals surface area contributed by atoms with Gasteiger partial charge in [0.25, 0.3) is 11.8 Å². The topological polar surface area (TPSA) is 59.1 Å². The van der Waals surface area contributed by atoms with Crippen LogP contribution in [0.15, 0.2) is 42.5 Å². The summed E-state index contributed by atoms with van der Waals surface area (Å²) in [7, 11) is 0. The molecule has 1 aliphatic heterocycles. The zero-order valence-corrected chi connectivity index (χ0v) is 18.0. The molecule has 1 aliphatic rings. The second-order valence-corrected chi connectivity index (χ2v) is 7.52. The standard InChI is InChI=1S/C24H30N2O4/c1-4-29-21-10-7-20(8-11-21)24(28)26-13-5-12-25(14-15-26)23(27)17-30-22-9-6-18(2)19(3)16-22/h6-11,16H,4-5,12-15,17H2,1-3H3. The highest BCUT2D eigenvalue weighted by molar-refractivity contribution is 5.94. The summed E-state index contributed by atoms with van der Waals surface area (Å²) < 4.78 is 11.1. The van der Waals surface area contributed by atoms with E-state index in [-0.39, 0.29) is 18.4 Å². The van der Waals surface area contributed by atoms with E-state index in [0.29, 0.717) is 44.1 Å². The van der Waals surface area contributed by atoms with Crippen LogP contribution in [0, 0.1) is 13.8 Å². The van der Waals surface area contributed by atoms with Gasteiger partial charge in [-0.25, -0.2) is 0 Å². The smallest absolute Gasteiger partial charge is 0.260 e. The number of carbonyl (C=O) groups is 2. The number of nitrogens with zero attached hydrogens (tertiary/aromatic N) is 2. The molecule has 6 nitrogen and oxygen atoms in total. The Labute approximate surface area is 178 Å². The fraction of sp³-hybridized carbons (Fsp3) is 0.417. The van der Waals surface area contributed by atoms with Gasteiger partial charge in [-0.05, 0) is 74.7 Å². The van der Waals surface area contributed by atoms with Crippen molar-refractivity contribution in [3.8, 4) is 11.5 Å². The van der Waals surface area contributed by atoms with Crippen LogP contribution in [0.1, 0.15) is 34.8 Å². The van der Waals surface area contributed by atoms with E-state index in [2.05, 4.69) is 0 Å². The first-order valence-corrected chi connectivity index (χ1v) is 10.5. The molecule has 1 heterocycles. The highest BCUT2D eigenvalue weighted by Crippen LogP contribution is 2.17. The van der Waals surface area contributed by atoms with Crippen molar-refractivity contribution in [2.45, 2.75) is 27.2 Å². The van der Waals surface area contributed by atoms with Gasteiger partial charge >= 0.3 is 0 Å². The zero-order valence-electron chi connectivity index (χ0n) is 18.0. The maximum Gasteiger partial charge on any atom is 0.260 e. The van der Waals surface area contributed by atoms with Crippen molar-refractivity contribution < 1.29 is 19.1 Å². The Morgan fingerprint density at radius 2 is 1.50 bits per heavy atom. The van der Waals surface area contributed by atoms with Crippen LogP contribution in [0.3, 0.4) is 0 Å². The molecule has 30 heavy (non-hydrogen) atoms. The van der Waals surface area contributed by atoms with Crippen LogP contribution >= 0.6 is 0 Å². The van der Waals surface area contributed by atoms with Crippen molar-refractivity contribution in [3.05, 3.63) is 59.2 Å². The molecule has 0 spiro atoms. The first kappa shape index (κ1) is 21.7. The van der Waals surface area contributed by atoms with E-state index >= 15 is 0 Å². The van der Waals surface area contributed by atoms with Gasteiger partial charge in [-0.1, -0.05) is 6.07 Å². The fourth-order valence-corrected chi connectivity index (χ4v) is 3.45. The van der Waals surface area contributed by atoms with E-state index in [1.807, 2.05) is 56.0 Å². The molecule has 3 rings (SSSR count). The lowest BCUT2D eigenvalue weighted by molar-refractivity contribution is -0.133. The monoisotopic (exact) mass is 410 g/mol. The Balaban J connectivity index is 1.52. The second-order valence-electron chi connectivity index (χ2n) is 7.52. The maximum atomic E-state index is 12.8. The summed E-state index contributed by atoms with van der Waals surface area (Å²) in [5, 5.41) is 0. The van der Waals surface area contributed by atoms with Crippen molar-refractivity contribution in [1.29, 1.82) is 0 Å². The number of hydrogen-bond acceptors (Lipinski definition) is 4. The third kappa shape index (κ3) is 5.53. The van der Waals surface area contributed by atoms with Crippen LogP contribution in [0.2, 0.25) is 0 Å². The molecule has 2 aromatic carbocycles. The van der Waals surface area contributed by atoms with Gasteiger partial charge in [0, 0.05) is 31.7 Å². The summed E-state index contributed by atoms with van der Waals surface area (Å²) >= 11 is 0. The lowest BCUT2D eigenvalue weighted by Gasteiger charge is -2.22. The molecule has 0 N–H and O–H groups in total. The molecule has 0 aromatic heterocycles. The minimum absolute atomic E-state index is 0.00926. The fourth-order valence-electron chi connectivity index (χ4n) is 3.45. The van der Waals surface area contributed by atoms with E-state index in [0.717, 1.165) is 17.7 Å². The molecule has 0 radical (unpaired) electrons. The average Bonchev–Trinajstić information content (AvgIpc) is 3.01. The van der Waals surface area contributed by atoms with Gasteiger partial charge in [0.2, 0.25) is 0 Å². The van der Waals surface area contributed by atoms with E-state index in [1.165, 1.54) is 5.56 Å². The van der Waals surface area contributed by atoms with Crippen LogP contribution in [-0.2, 0) is 4.79 Å². The largest absolute Gasteiger partial charge is 0.494 e. The van der Waals surface area contributed by atoms with Gasteiger partial charge in [-0.15, -0.1) is 0 Å². The lowest BCUT2D eigenvalue weighted by Crippen LogP contribution is -2.39. The Morgan fingerprint density at radius 1 is 0.833 bits per heavy atom. The summed E-state index contributed by atoms with van der Waals surface area (Å²) in [5.41, 5.74) is 2.97. The summed E-state index contributed by atoms with van der Waals surface area (Å²) in [4.78, 5) is 29.0. The van der Waals surface area contributed by atoms with E-state index in [4.69, 9.17) is 9.47 Å². The molecule has 2 amide bonds. The van der Waals surface area contributed by atoms with Crippen LogP contribution in [-0.4, -0.2) is 61.0 Å². The predicted octanol–water partition coefficient (Wildman–Crippen LogP) is 3.46. The Kier molecular flexibility index (Phi) is 7.33. The van der Waals surface area contributed by atoms with Gasteiger partial charge in [0.1, 0.15) is 11.5 Å². The SMILES string of the molecule is CCOc1ccc(C(=O)N2CCCN(C(=O)COc3ccc(C)c(C)c3)CC2)cc1. The Bertz CT molecular complexity index is 879.